The van der Waals surface area contributed by atoms with Gasteiger partial charge in [0.1, 0.15) is 17.4 Å². The standard InChI is InChI=1S/C35H44F2N4O7S/c1-23-20-41(24(2)22-42)34(43)31-19-29(39-49(45,46)30-15-10-27(37)11-16-30)14-17-32(31)48-25(3)7-5-6-18-47-33(23)21-40(4)35(44)38-28-12-8-26(36)9-13-28/h8-17,19,23-25,33,39,42H,5-7,18,20-22H2,1-4H3,(H,38,44)/t23-,24-,25-,33+/m1/s1. The predicted octanol–water partition coefficient (Wildman–Crippen LogP) is 5.73. The monoisotopic (exact) mass is 702 g/mol. The summed E-state index contributed by atoms with van der Waals surface area (Å²) in [5.41, 5.74) is 0.610. The molecule has 1 heterocycles. The van der Waals surface area contributed by atoms with E-state index in [-0.39, 0.29) is 53.6 Å². The molecule has 0 radical (unpaired) electrons. The summed E-state index contributed by atoms with van der Waals surface area (Å²) < 4.78 is 67.9. The molecular formula is C35H44F2N4O7S. The number of amides is 3. The fourth-order valence-corrected chi connectivity index (χ4v) is 6.43. The van der Waals surface area contributed by atoms with E-state index in [1.807, 2.05) is 13.8 Å². The van der Waals surface area contributed by atoms with E-state index < -0.39 is 45.7 Å². The molecule has 0 saturated heterocycles. The van der Waals surface area contributed by atoms with Crippen LogP contribution in [0.15, 0.2) is 71.6 Å². The molecule has 0 bridgehead atoms. The molecule has 0 spiro atoms. The van der Waals surface area contributed by atoms with Crippen LogP contribution in [-0.2, 0) is 14.8 Å². The van der Waals surface area contributed by atoms with Crippen molar-refractivity contribution in [2.75, 3.05) is 43.4 Å². The maximum absolute atomic E-state index is 14.3. The van der Waals surface area contributed by atoms with Crippen molar-refractivity contribution in [2.45, 2.75) is 63.2 Å². The zero-order valence-electron chi connectivity index (χ0n) is 28.1. The Balaban J connectivity index is 1.62. The first-order valence-electron chi connectivity index (χ1n) is 16.2. The summed E-state index contributed by atoms with van der Waals surface area (Å²) in [7, 11) is -2.50. The number of benzene rings is 3. The lowest BCUT2D eigenvalue weighted by molar-refractivity contribution is -0.0115. The van der Waals surface area contributed by atoms with Gasteiger partial charge in [0, 0.05) is 44.0 Å². The highest BCUT2D eigenvalue weighted by molar-refractivity contribution is 7.92. The van der Waals surface area contributed by atoms with E-state index in [2.05, 4.69) is 10.0 Å². The fourth-order valence-electron chi connectivity index (χ4n) is 5.38. The van der Waals surface area contributed by atoms with Gasteiger partial charge < -0.3 is 29.7 Å². The number of ether oxygens (including phenoxy) is 2. The summed E-state index contributed by atoms with van der Waals surface area (Å²) in [5, 5.41) is 12.9. The topological polar surface area (TPSA) is 138 Å². The van der Waals surface area contributed by atoms with Gasteiger partial charge in [-0.1, -0.05) is 6.92 Å². The average Bonchev–Trinajstić information content (AvgIpc) is 3.07. The molecular weight excluding hydrogens is 658 g/mol. The molecule has 0 aliphatic carbocycles. The van der Waals surface area contributed by atoms with Gasteiger partial charge >= 0.3 is 6.03 Å². The van der Waals surface area contributed by atoms with E-state index in [1.54, 1.807) is 14.0 Å². The Morgan fingerprint density at radius 3 is 2.31 bits per heavy atom. The number of nitrogens with zero attached hydrogens (tertiary/aromatic N) is 2. The van der Waals surface area contributed by atoms with Crippen LogP contribution in [0.2, 0.25) is 0 Å². The Kier molecular flexibility index (Phi) is 13.0. The molecule has 14 heteroatoms. The number of rotatable bonds is 8. The molecule has 0 aromatic heterocycles. The van der Waals surface area contributed by atoms with E-state index in [1.165, 1.54) is 52.3 Å². The number of likely N-dealkylation sites (N-methyl/N-ethyl adjacent to an activating group) is 1. The Labute approximate surface area is 286 Å². The number of urea groups is 1. The molecule has 0 saturated carbocycles. The second-order valence-corrected chi connectivity index (χ2v) is 14.1. The van der Waals surface area contributed by atoms with E-state index in [4.69, 9.17) is 9.47 Å². The molecule has 4 rings (SSSR count). The molecule has 4 atom stereocenters. The second-order valence-electron chi connectivity index (χ2n) is 12.4. The van der Waals surface area contributed by atoms with Crippen LogP contribution in [0, 0.1) is 17.6 Å². The van der Waals surface area contributed by atoms with Crippen LogP contribution >= 0.6 is 0 Å². The lowest BCUT2D eigenvalue weighted by atomic mass is 10.0. The number of carbonyl (C=O) groups excluding carboxylic acids is 2. The number of hydrogen-bond acceptors (Lipinski definition) is 7. The number of sulfonamides is 1. The van der Waals surface area contributed by atoms with Crippen molar-refractivity contribution >= 4 is 33.3 Å². The second kappa shape index (κ2) is 16.9. The third kappa shape index (κ3) is 10.4. The van der Waals surface area contributed by atoms with Gasteiger partial charge in [0.15, 0.2) is 0 Å². The minimum absolute atomic E-state index is 0.0870. The third-order valence-electron chi connectivity index (χ3n) is 8.32. The number of aliphatic hydroxyl groups excluding tert-OH is 1. The average molecular weight is 703 g/mol. The first-order chi connectivity index (χ1) is 23.3. The maximum Gasteiger partial charge on any atom is 0.321 e. The highest BCUT2D eigenvalue weighted by Gasteiger charge is 2.31. The van der Waals surface area contributed by atoms with Crippen molar-refractivity contribution < 1.29 is 41.4 Å². The van der Waals surface area contributed by atoms with Crippen molar-refractivity contribution in [2.24, 2.45) is 5.92 Å². The molecule has 3 aromatic carbocycles. The number of halogens is 2. The molecule has 3 aromatic rings. The Hall–Kier alpha value is -4.27. The van der Waals surface area contributed by atoms with E-state index in [9.17, 15) is 31.9 Å². The highest BCUT2D eigenvalue weighted by atomic mass is 32.2. The van der Waals surface area contributed by atoms with E-state index in [0.29, 0.717) is 18.7 Å². The molecule has 49 heavy (non-hydrogen) atoms. The number of aliphatic hydroxyl groups is 1. The van der Waals surface area contributed by atoms with Crippen molar-refractivity contribution in [1.29, 1.82) is 0 Å². The lowest BCUT2D eigenvalue weighted by Crippen LogP contribution is -2.48. The SMILES string of the molecule is C[C@@H]1CCCCO[C@@H](CN(C)C(=O)Nc2ccc(F)cc2)[C@H](C)CN([C@H](C)CO)C(=O)c2cc(NS(=O)(=O)c3ccc(F)cc3)ccc2O1. The molecule has 1 aliphatic heterocycles. The Bertz CT molecular complexity index is 1680. The van der Waals surface area contributed by atoms with Crippen LogP contribution in [0.1, 0.15) is 50.4 Å². The Morgan fingerprint density at radius 1 is 1.02 bits per heavy atom. The number of nitrogens with one attached hydrogen (secondary N) is 2. The van der Waals surface area contributed by atoms with Crippen molar-refractivity contribution in [3.8, 4) is 5.75 Å². The summed E-state index contributed by atoms with van der Waals surface area (Å²) >= 11 is 0. The molecule has 3 amide bonds. The quantitative estimate of drug-likeness (QED) is 0.273. The van der Waals surface area contributed by atoms with Gasteiger partial charge in [0.25, 0.3) is 15.9 Å². The van der Waals surface area contributed by atoms with Crippen molar-refractivity contribution in [1.82, 2.24) is 9.80 Å². The van der Waals surface area contributed by atoms with Crippen LogP contribution in [-0.4, -0.2) is 86.9 Å². The largest absolute Gasteiger partial charge is 0.490 e. The third-order valence-corrected chi connectivity index (χ3v) is 9.72. The van der Waals surface area contributed by atoms with Crippen molar-refractivity contribution in [3.63, 3.8) is 0 Å². The number of anilines is 2. The highest BCUT2D eigenvalue weighted by Crippen LogP contribution is 2.29. The van der Waals surface area contributed by atoms with Gasteiger partial charge in [-0.25, -0.2) is 22.0 Å². The van der Waals surface area contributed by atoms with Crippen LogP contribution < -0.4 is 14.8 Å². The summed E-state index contributed by atoms with van der Waals surface area (Å²) in [5.74, 6) is -1.58. The smallest absolute Gasteiger partial charge is 0.321 e. The van der Waals surface area contributed by atoms with Gasteiger partial charge in [0.2, 0.25) is 0 Å². The molecule has 11 nitrogen and oxygen atoms in total. The van der Waals surface area contributed by atoms with Gasteiger partial charge in [-0.15, -0.1) is 0 Å². The number of carbonyl (C=O) groups is 2. The maximum atomic E-state index is 14.3. The van der Waals surface area contributed by atoms with E-state index >= 15 is 0 Å². The number of hydrogen-bond donors (Lipinski definition) is 3. The normalized spacial score (nSPS) is 19.9. The van der Waals surface area contributed by atoms with Gasteiger partial charge in [0.05, 0.1) is 35.3 Å². The minimum Gasteiger partial charge on any atom is -0.490 e. The van der Waals surface area contributed by atoms with E-state index in [0.717, 1.165) is 37.1 Å². The fraction of sp³-hybridized carbons (Fsp3) is 0.429. The van der Waals surface area contributed by atoms with Crippen LogP contribution in [0.5, 0.6) is 5.75 Å². The summed E-state index contributed by atoms with van der Waals surface area (Å²) in [6.45, 7) is 5.81. The zero-order valence-corrected chi connectivity index (χ0v) is 28.9. The van der Waals surface area contributed by atoms with Gasteiger partial charge in [-0.05, 0) is 99.8 Å². The number of fused-ring (bicyclic) bond motifs is 1. The molecule has 0 unspecified atom stereocenters. The van der Waals surface area contributed by atoms with Gasteiger partial charge in [-0.2, -0.15) is 0 Å². The molecule has 3 N–H and O–H groups in total. The first-order valence-corrected chi connectivity index (χ1v) is 17.7. The van der Waals surface area contributed by atoms with Crippen LogP contribution in [0.4, 0.5) is 25.0 Å². The lowest BCUT2D eigenvalue weighted by Gasteiger charge is -2.35. The van der Waals surface area contributed by atoms with Crippen molar-refractivity contribution in [3.05, 3.63) is 83.9 Å². The summed E-state index contributed by atoms with van der Waals surface area (Å²) in [4.78, 5) is 30.1. The van der Waals surface area contributed by atoms with Crippen LogP contribution in [0.3, 0.4) is 0 Å². The molecule has 1 aliphatic rings. The summed E-state index contributed by atoms with van der Waals surface area (Å²) in [6, 6.07) is 13.1. The predicted molar refractivity (Wildman–Crippen MR) is 182 cm³/mol. The molecule has 0 fully saturated rings. The summed E-state index contributed by atoms with van der Waals surface area (Å²) in [6.07, 6.45) is 1.32. The zero-order chi connectivity index (χ0) is 35.7. The van der Waals surface area contributed by atoms with Crippen LogP contribution in [0.25, 0.3) is 0 Å². The minimum atomic E-state index is -4.12. The molecule has 266 valence electrons. The van der Waals surface area contributed by atoms with Gasteiger partial charge in [-0.3, -0.25) is 9.52 Å². The first kappa shape index (κ1) is 37.5. The Morgan fingerprint density at radius 2 is 1.65 bits per heavy atom.